The lowest BCUT2D eigenvalue weighted by atomic mass is 9.84. The van der Waals surface area contributed by atoms with Crippen LogP contribution in [-0.2, 0) is 0 Å². The number of benzene rings is 9. The van der Waals surface area contributed by atoms with Crippen LogP contribution in [0.5, 0.6) is 0 Å². The summed E-state index contributed by atoms with van der Waals surface area (Å²) in [5.74, 6) is 0. The molecule has 0 atom stereocenters. The van der Waals surface area contributed by atoms with Gasteiger partial charge in [0.2, 0.25) is 0 Å². The van der Waals surface area contributed by atoms with E-state index in [9.17, 15) is 0 Å². The average Bonchev–Trinajstić information content (AvgIpc) is 3.57. The van der Waals surface area contributed by atoms with Crippen LogP contribution in [0.25, 0.3) is 98.8 Å². The van der Waals surface area contributed by atoms with Gasteiger partial charge in [0.05, 0.1) is 6.85 Å². The van der Waals surface area contributed by atoms with Crippen molar-refractivity contribution in [3.8, 4) is 44.5 Å². The molecule has 0 saturated heterocycles. The van der Waals surface area contributed by atoms with Crippen molar-refractivity contribution >= 4 is 54.3 Å². The molecule has 1 aromatic heterocycles. The summed E-state index contributed by atoms with van der Waals surface area (Å²) < 4.78 is 49.1. The topological polar surface area (TPSA) is 13.1 Å². The van der Waals surface area contributed by atoms with E-state index in [1.165, 1.54) is 5.39 Å². The number of fused-ring (bicyclic) bond motifs is 6. The van der Waals surface area contributed by atoms with Crippen molar-refractivity contribution in [3.05, 3.63) is 182 Å². The molecule has 49 heavy (non-hydrogen) atoms. The molecular weight excluding hydrogens is 593 g/mol. The molecule has 1 heteroatoms. The van der Waals surface area contributed by atoms with Crippen LogP contribution in [0.3, 0.4) is 0 Å². The first-order valence-electron chi connectivity index (χ1n) is 18.9. The van der Waals surface area contributed by atoms with Crippen LogP contribution in [-0.4, -0.2) is 0 Å². The van der Waals surface area contributed by atoms with Gasteiger partial charge in [0.1, 0.15) is 11.2 Å². The third kappa shape index (κ3) is 4.47. The summed E-state index contributed by atoms with van der Waals surface area (Å²) in [6.07, 6.45) is 0. The molecule has 9 aromatic carbocycles. The third-order valence-corrected chi connectivity index (χ3v) is 9.72. The highest BCUT2D eigenvalue weighted by Gasteiger charge is 2.19. The first-order chi connectivity index (χ1) is 26.4. The molecule has 0 aliphatic rings. The van der Waals surface area contributed by atoms with Crippen molar-refractivity contribution in [2.75, 3.05) is 0 Å². The van der Waals surface area contributed by atoms with Crippen LogP contribution in [0.2, 0.25) is 0 Å². The zero-order valence-electron chi connectivity index (χ0n) is 31.3. The molecule has 1 nitrogen and oxygen atoms in total. The maximum Gasteiger partial charge on any atom is 0.136 e. The fourth-order valence-electron chi connectivity index (χ4n) is 7.53. The molecule has 0 radical (unpaired) electrons. The van der Waals surface area contributed by atoms with Gasteiger partial charge >= 0.3 is 0 Å². The second-order valence-electron chi connectivity index (χ2n) is 12.5. The zero-order chi connectivity index (χ0) is 36.7. The van der Waals surface area contributed by atoms with E-state index in [1.807, 2.05) is 48.5 Å². The largest absolute Gasteiger partial charge is 0.456 e. The molecule has 0 bridgehead atoms. The Morgan fingerprint density at radius 3 is 1.57 bits per heavy atom. The highest BCUT2D eigenvalue weighted by Crippen LogP contribution is 2.46. The van der Waals surface area contributed by atoms with Crippen LogP contribution >= 0.6 is 0 Å². The molecule has 0 N–H and O–H groups in total. The molecule has 0 fully saturated rings. The third-order valence-electron chi connectivity index (χ3n) is 9.72. The second kappa shape index (κ2) is 11.1. The molecule has 10 rings (SSSR count). The van der Waals surface area contributed by atoms with Crippen LogP contribution in [0.1, 0.15) is 6.85 Å². The summed E-state index contributed by atoms with van der Waals surface area (Å²) in [4.78, 5) is 0. The molecule has 228 valence electrons. The normalized spacial score (nSPS) is 13.1. The number of rotatable bonds is 4. The van der Waals surface area contributed by atoms with Gasteiger partial charge in [-0.3, -0.25) is 0 Å². The first kappa shape index (κ1) is 23.0. The Hall–Kier alpha value is -6.44. The molecular formula is C48H30O. The van der Waals surface area contributed by atoms with Gasteiger partial charge in [0.15, 0.2) is 0 Å². The Bertz CT molecular complexity index is 3080. The zero-order valence-corrected chi connectivity index (χ0v) is 26.3. The lowest BCUT2D eigenvalue weighted by Gasteiger charge is -2.19. The second-order valence-corrected chi connectivity index (χ2v) is 12.5. The van der Waals surface area contributed by atoms with E-state index in [1.54, 1.807) is 0 Å². The van der Waals surface area contributed by atoms with Gasteiger partial charge < -0.3 is 4.42 Å². The van der Waals surface area contributed by atoms with Gasteiger partial charge in [0, 0.05) is 10.8 Å². The van der Waals surface area contributed by atoms with Crippen molar-refractivity contribution < 1.29 is 11.3 Å². The summed E-state index contributed by atoms with van der Waals surface area (Å²) in [6.45, 7) is 0. The van der Waals surface area contributed by atoms with Crippen molar-refractivity contribution in [1.29, 1.82) is 0 Å². The standard InChI is InChI=1S/C48H30O/c1-3-13-31(14-4-1)37-25-23-35(28-43(37)32-15-5-2-6-16-32)47-39-19-9-11-21-41(39)48(42-22-12-10-20-40(42)47)36-24-26-38-44-27-33-17-7-8-18-34(33)29-46(44)49-45(38)30-36/h1-30H/i1D,3D,4D,13D,14D. The molecule has 0 unspecified atom stereocenters. The molecule has 0 aliphatic heterocycles. The molecule has 0 saturated carbocycles. The van der Waals surface area contributed by atoms with Crippen LogP contribution in [0.4, 0.5) is 0 Å². The predicted molar refractivity (Wildman–Crippen MR) is 208 cm³/mol. The summed E-state index contributed by atoms with van der Waals surface area (Å²) in [7, 11) is 0. The van der Waals surface area contributed by atoms with E-state index < -0.39 is 6.04 Å². The SMILES string of the molecule is [2H]c1c([2H])c([2H])c(-c2ccc(-c3c4ccccc4c(-c4ccc5c(c4)oc4cc6ccccc6cc45)c4ccccc34)cc2-c2ccccc2)c([2H])c1[2H]. The maximum atomic E-state index is 8.81. The summed E-state index contributed by atoms with van der Waals surface area (Å²) >= 11 is 0. The Labute approximate surface area is 291 Å². The molecule has 0 aliphatic carbocycles. The van der Waals surface area contributed by atoms with Crippen molar-refractivity contribution in [1.82, 2.24) is 0 Å². The summed E-state index contributed by atoms with van der Waals surface area (Å²) in [5.41, 5.74) is 8.35. The number of furan rings is 1. The molecule has 10 aromatic rings. The van der Waals surface area contributed by atoms with E-state index >= 15 is 0 Å². The van der Waals surface area contributed by atoms with Crippen molar-refractivity contribution in [3.63, 3.8) is 0 Å². The number of hydrogen-bond donors (Lipinski definition) is 0. The van der Waals surface area contributed by atoms with Crippen molar-refractivity contribution in [2.45, 2.75) is 0 Å². The van der Waals surface area contributed by atoms with Crippen LogP contribution < -0.4 is 0 Å². The Morgan fingerprint density at radius 1 is 0.347 bits per heavy atom. The summed E-state index contributed by atoms with van der Waals surface area (Å²) in [6, 6.07) is 50.5. The smallest absolute Gasteiger partial charge is 0.136 e. The molecule has 0 amide bonds. The van der Waals surface area contributed by atoms with E-state index in [-0.39, 0.29) is 29.7 Å². The quantitative estimate of drug-likeness (QED) is 0.177. The fourth-order valence-corrected chi connectivity index (χ4v) is 7.53. The van der Waals surface area contributed by atoms with Crippen LogP contribution in [0.15, 0.2) is 186 Å². The monoisotopic (exact) mass is 627 g/mol. The highest BCUT2D eigenvalue weighted by atomic mass is 16.3. The lowest BCUT2D eigenvalue weighted by molar-refractivity contribution is 0.669. The maximum absolute atomic E-state index is 8.81. The molecule has 1 heterocycles. The van der Waals surface area contributed by atoms with Gasteiger partial charge in [0.25, 0.3) is 0 Å². The van der Waals surface area contributed by atoms with Crippen LogP contribution in [0, 0.1) is 0 Å². The number of hydrogen-bond acceptors (Lipinski definition) is 1. The van der Waals surface area contributed by atoms with Crippen molar-refractivity contribution in [2.24, 2.45) is 0 Å². The molecule has 0 spiro atoms. The Balaban J connectivity index is 1.23. The average molecular weight is 628 g/mol. The Morgan fingerprint density at radius 2 is 0.898 bits per heavy atom. The minimum absolute atomic E-state index is 0.186. The van der Waals surface area contributed by atoms with Gasteiger partial charge in [-0.15, -0.1) is 0 Å². The van der Waals surface area contributed by atoms with E-state index in [0.717, 1.165) is 82.3 Å². The van der Waals surface area contributed by atoms with Gasteiger partial charge in [-0.05, 0) is 107 Å². The summed E-state index contributed by atoms with van der Waals surface area (Å²) in [5, 5.41) is 8.87. The Kier molecular flexibility index (Phi) is 5.20. The predicted octanol–water partition coefficient (Wildman–Crippen LogP) is 13.7. The fraction of sp³-hybridized carbons (Fsp3) is 0. The van der Waals surface area contributed by atoms with Gasteiger partial charge in [-0.1, -0.05) is 152 Å². The van der Waals surface area contributed by atoms with Gasteiger partial charge in [-0.2, -0.15) is 0 Å². The van der Waals surface area contributed by atoms with E-state index in [2.05, 4.69) is 103 Å². The van der Waals surface area contributed by atoms with E-state index in [0.29, 0.717) is 5.56 Å². The first-order valence-corrected chi connectivity index (χ1v) is 16.4. The van der Waals surface area contributed by atoms with Gasteiger partial charge in [-0.25, -0.2) is 0 Å². The minimum Gasteiger partial charge on any atom is -0.456 e. The highest BCUT2D eigenvalue weighted by molar-refractivity contribution is 6.22. The minimum atomic E-state index is -0.405. The lowest BCUT2D eigenvalue weighted by Crippen LogP contribution is -1.92. The van der Waals surface area contributed by atoms with E-state index in [4.69, 9.17) is 11.3 Å².